The summed E-state index contributed by atoms with van der Waals surface area (Å²) in [4.78, 5) is 25.6. The molecule has 24 heavy (non-hydrogen) atoms. The number of amides is 1. The zero-order valence-corrected chi connectivity index (χ0v) is 15.6. The fourth-order valence-corrected chi connectivity index (χ4v) is 2.98. The maximum Gasteiger partial charge on any atom is 0.349 e. The van der Waals surface area contributed by atoms with E-state index < -0.39 is 12.1 Å². The molecular weight excluding hydrogens is 346 g/mol. The van der Waals surface area contributed by atoms with Gasteiger partial charge in [0.25, 0.3) is 5.91 Å². The zero-order valence-electron chi connectivity index (χ0n) is 14.1. The molecule has 1 N–H and O–H groups in total. The second kappa shape index (κ2) is 7.36. The van der Waals surface area contributed by atoms with Crippen molar-refractivity contribution in [2.45, 2.75) is 39.3 Å². The number of thiophene rings is 1. The first-order valence-electron chi connectivity index (χ1n) is 7.54. The van der Waals surface area contributed by atoms with Crippen molar-refractivity contribution >= 4 is 34.8 Å². The second-order valence-electron chi connectivity index (χ2n) is 6.46. The standard InChI is InChI=1S/C18H20ClNO3S/c1-11(16(21)20-18(2,3)4)23-17(22)15-10-9-14(24-15)12-5-7-13(19)8-6-12/h5-11H,1-4H3,(H,20,21)/t11-/m1/s1. The maximum absolute atomic E-state index is 12.2. The third kappa shape index (κ3) is 5.08. The molecule has 0 aliphatic carbocycles. The van der Waals surface area contributed by atoms with E-state index in [-0.39, 0.29) is 11.4 Å². The van der Waals surface area contributed by atoms with Crippen LogP contribution in [0.25, 0.3) is 10.4 Å². The number of carbonyl (C=O) groups excluding carboxylic acids is 2. The highest BCUT2D eigenvalue weighted by Crippen LogP contribution is 2.29. The quantitative estimate of drug-likeness (QED) is 0.810. The summed E-state index contributed by atoms with van der Waals surface area (Å²) < 4.78 is 5.25. The van der Waals surface area contributed by atoms with Crippen molar-refractivity contribution in [1.82, 2.24) is 5.32 Å². The molecule has 2 aromatic rings. The number of hydrogen-bond acceptors (Lipinski definition) is 4. The van der Waals surface area contributed by atoms with Crippen molar-refractivity contribution in [2.24, 2.45) is 0 Å². The van der Waals surface area contributed by atoms with Crippen LogP contribution in [-0.2, 0) is 9.53 Å². The molecule has 6 heteroatoms. The highest BCUT2D eigenvalue weighted by molar-refractivity contribution is 7.17. The Morgan fingerprint density at radius 2 is 1.75 bits per heavy atom. The van der Waals surface area contributed by atoms with Gasteiger partial charge in [-0.1, -0.05) is 23.7 Å². The van der Waals surface area contributed by atoms with Gasteiger partial charge in [-0.3, -0.25) is 4.79 Å². The lowest BCUT2D eigenvalue weighted by atomic mass is 10.1. The van der Waals surface area contributed by atoms with E-state index in [0.717, 1.165) is 10.4 Å². The van der Waals surface area contributed by atoms with Crippen LogP contribution in [0, 0.1) is 0 Å². The predicted octanol–water partition coefficient (Wildman–Crippen LogP) is 4.53. The molecule has 0 bridgehead atoms. The van der Waals surface area contributed by atoms with Gasteiger partial charge in [0, 0.05) is 15.4 Å². The number of carbonyl (C=O) groups is 2. The average Bonchev–Trinajstić information content (AvgIpc) is 2.96. The fourth-order valence-electron chi connectivity index (χ4n) is 1.96. The number of rotatable bonds is 4. The molecule has 0 saturated carbocycles. The number of ether oxygens (including phenoxy) is 1. The second-order valence-corrected chi connectivity index (χ2v) is 7.98. The molecule has 1 aromatic carbocycles. The van der Waals surface area contributed by atoms with Gasteiger partial charge in [-0.05, 0) is 57.5 Å². The Labute approximate surface area is 150 Å². The molecule has 4 nitrogen and oxygen atoms in total. The summed E-state index contributed by atoms with van der Waals surface area (Å²) in [6.45, 7) is 7.18. The SMILES string of the molecule is C[C@@H](OC(=O)c1ccc(-c2ccc(Cl)cc2)s1)C(=O)NC(C)(C)C. The van der Waals surface area contributed by atoms with E-state index in [2.05, 4.69) is 5.32 Å². The molecular formula is C18H20ClNO3S. The summed E-state index contributed by atoms with van der Waals surface area (Å²) in [6.07, 6.45) is -0.849. The maximum atomic E-state index is 12.2. The third-order valence-electron chi connectivity index (χ3n) is 3.09. The number of esters is 1. The summed E-state index contributed by atoms with van der Waals surface area (Å²) in [5, 5.41) is 3.45. The molecule has 1 heterocycles. The van der Waals surface area contributed by atoms with Crippen LogP contribution < -0.4 is 5.32 Å². The van der Waals surface area contributed by atoms with Gasteiger partial charge < -0.3 is 10.1 Å². The van der Waals surface area contributed by atoms with E-state index in [1.165, 1.54) is 11.3 Å². The molecule has 1 aromatic heterocycles. The Kier molecular flexibility index (Phi) is 5.67. The van der Waals surface area contributed by atoms with Gasteiger partial charge in [0.1, 0.15) is 4.88 Å². The van der Waals surface area contributed by atoms with Gasteiger partial charge >= 0.3 is 5.97 Å². The third-order valence-corrected chi connectivity index (χ3v) is 4.45. The van der Waals surface area contributed by atoms with E-state index in [1.54, 1.807) is 25.1 Å². The van der Waals surface area contributed by atoms with Crippen LogP contribution in [0.15, 0.2) is 36.4 Å². The average molecular weight is 366 g/mol. The van der Waals surface area contributed by atoms with Crippen molar-refractivity contribution in [1.29, 1.82) is 0 Å². The Bertz CT molecular complexity index is 731. The molecule has 0 fully saturated rings. The van der Waals surface area contributed by atoms with Crippen LogP contribution in [0.1, 0.15) is 37.4 Å². The fraction of sp³-hybridized carbons (Fsp3) is 0.333. The van der Waals surface area contributed by atoms with Gasteiger partial charge in [0.2, 0.25) is 0 Å². The van der Waals surface area contributed by atoms with Crippen LogP contribution in [0.3, 0.4) is 0 Å². The van der Waals surface area contributed by atoms with E-state index in [4.69, 9.17) is 16.3 Å². The van der Waals surface area contributed by atoms with Crippen molar-refractivity contribution in [3.63, 3.8) is 0 Å². The monoisotopic (exact) mass is 365 g/mol. The minimum Gasteiger partial charge on any atom is -0.448 e. The van der Waals surface area contributed by atoms with Crippen molar-refractivity contribution < 1.29 is 14.3 Å². The summed E-state index contributed by atoms with van der Waals surface area (Å²) in [5.41, 5.74) is 0.601. The minimum absolute atomic E-state index is 0.315. The van der Waals surface area contributed by atoms with Gasteiger partial charge in [0.05, 0.1) is 0 Å². The van der Waals surface area contributed by atoms with E-state index >= 15 is 0 Å². The highest BCUT2D eigenvalue weighted by Gasteiger charge is 2.23. The molecule has 0 unspecified atom stereocenters. The van der Waals surface area contributed by atoms with Crippen LogP contribution in [-0.4, -0.2) is 23.5 Å². The lowest BCUT2D eigenvalue weighted by Crippen LogP contribution is -2.46. The first-order chi connectivity index (χ1) is 11.2. The highest BCUT2D eigenvalue weighted by atomic mass is 35.5. The Morgan fingerprint density at radius 3 is 2.33 bits per heavy atom. The number of benzene rings is 1. The molecule has 128 valence electrons. The molecule has 0 aliphatic heterocycles. The van der Waals surface area contributed by atoms with E-state index in [1.807, 2.05) is 39.0 Å². The molecule has 0 aliphatic rings. The molecule has 1 amide bonds. The molecule has 0 radical (unpaired) electrons. The summed E-state index contributed by atoms with van der Waals surface area (Å²) in [6, 6.07) is 10.9. The molecule has 0 spiro atoms. The lowest BCUT2D eigenvalue weighted by molar-refractivity contribution is -0.130. The normalized spacial score (nSPS) is 12.5. The van der Waals surface area contributed by atoms with Gasteiger partial charge in [-0.25, -0.2) is 4.79 Å². The van der Waals surface area contributed by atoms with Crippen molar-refractivity contribution in [2.75, 3.05) is 0 Å². The van der Waals surface area contributed by atoms with E-state index in [9.17, 15) is 9.59 Å². The van der Waals surface area contributed by atoms with Gasteiger partial charge in [-0.2, -0.15) is 0 Å². The molecule has 0 saturated heterocycles. The Morgan fingerprint density at radius 1 is 1.12 bits per heavy atom. The lowest BCUT2D eigenvalue weighted by Gasteiger charge is -2.23. The van der Waals surface area contributed by atoms with Gasteiger partial charge in [-0.15, -0.1) is 11.3 Å². The Hall–Kier alpha value is -1.85. The van der Waals surface area contributed by atoms with Crippen LogP contribution in [0.2, 0.25) is 5.02 Å². The number of hydrogen-bond donors (Lipinski definition) is 1. The minimum atomic E-state index is -0.849. The first-order valence-corrected chi connectivity index (χ1v) is 8.74. The van der Waals surface area contributed by atoms with Crippen molar-refractivity contribution in [3.8, 4) is 10.4 Å². The van der Waals surface area contributed by atoms with Crippen LogP contribution >= 0.6 is 22.9 Å². The summed E-state index contributed by atoms with van der Waals surface area (Å²) in [7, 11) is 0. The largest absolute Gasteiger partial charge is 0.448 e. The molecule has 2 rings (SSSR count). The number of nitrogens with one attached hydrogen (secondary N) is 1. The van der Waals surface area contributed by atoms with E-state index in [0.29, 0.717) is 9.90 Å². The van der Waals surface area contributed by atoms with Crippen LogP contribution in [0.4, 0.5) is 0 Å². The molecule has 1 atom stereocenters. The number of halogens is 1. The summed E-state index contributed by atoms with van der Waals surface area (Å²) in [5.74, 6) is -0.817. The topological polar surface area (TPSA) is 55.4 Å². The zero-order chi connectivity index (χ0) is 17.9. The predicted molar refractivity (Wildman–Crippen MR) is 97.5 cm³/mol. The van der Waals surface area contributed by atoms with Crippen molar-refractivity contribution in [3.05, 3.63) is 46.3 Å². The van der Waals surface area contributed by atoms with Crippen LogP contribution in [0.5, 0.6) is 0 Å². The smallest absolute Gasteiger partial charge is 0.349 e. The summed E-state index contributed by atoms with van der Waals surface area (Å²) >= 11 is 7.20. The Balaban J connectivity index is 2.03. The van der Waals surface area contributed by atoms with Gasteiger partial charge in [0.15, 0.2) is 6.10 Å². The first kappa shape index (κ1) is 18.5.